The molecule has 0 fully saturated rings. The van der Waals surface area contributed by atoms with E-state index in [1.165, 1.54) is 0 Å². The Bertz CT molecular complexity index is 839. The van der Waals surface area contributed by atoms with Gasteiger partial charge < -0.3 is 5.32 Å². The minimum Gasteiger partial charge on any atom is -0.378 e. The lowest BCUT2D eigenvalue weighted by molar-refractivity contribution is 0.888. The molecule has 4 nitrogen and oxygen atoms in total. The van der Waals surface area contributed by atoms with Crippen LogP contribution >= 0.6 is 35.4 Å². The van der Waals surface area contributed by atoms with Crippen molar-refractivity contribution < 1.29 is 0 Å². The summed E-state index contributed by atoms with van der Waals surface area (Å²) in [5.41, 5.74) is 1.83. The molecule has 0 amide bonds. The molecule has 7 heteroatoms. The van der Waals surface area contributed by atoms with Crippen LogP contribution in [-0.2, 0) is 6.54 Å². The Hall–Kier alpha value is -1.82. The normalized spacial score (nSPS) is 10.6. The van der Waals surface area contributed by atoms with Crippen molar-refractivity contribution in [3.8, 4) is 5.69 Å². The Kier molecular flexibility index (Phi) is 4.47. The molecule has 1 heterocycles. The molecule has 0 aliphatic rings. The summed E-state index contributed by atoms with van der Waals surface area (Å²) in [6.45, 7) is 0.510. The van der Waals surface area contributed by atoms with Gasteiger partial charge in [0, 0.05) is 21.4 Å². The molecule has 1 aromatic heterocycles. The molecule has 0 aliphatic carbocycles. The van der Waals surface area contributed by atoms with Crippen molar-refractivity contribution in [3.63, 3.8) is 0 Å². The summed E-state index contributed by atoms with van der Waals surface area (Å²) in [6, 6.07) is 15.0. The number of nitrogens with one attached hydrogen (secondary N) is 2. The van der Waals surface area contributed by atoms with Gasteiger partial charge in [-0.3, -0.25) is 9.67 Å². The zero-order valence-corrected chi connectivity index (χ0v) is 13.7. The molecule has 0 atom stereocenters. The van der Waals surface area contributed by atoms with Crippen molar-refractivity contribution >= 4 is 41.1 Å². The summed E-state index contributed by atoms with van der Waals surface area (Å²) in [5, 5.41) is 11.7. The number of H-pyrrole nitrogens is 1. The first-order chi connectivity index (χ1) is 10.6. The van der Waals surface area contributed by atoms with Crippen molar-refractivity contribution in [3.05, 3.63) is 69.2 Å². The number of rotatable bonds is 4. The fourth-order valence-corrected chi connectivity index (χ4v) is 2.66. The van der Waals surface area contributed by atoms with Crippen LogP contribution in [0.25, 0.3) is 5.69 Å². The Labute approximate surface area is 142 Å². The van der Waals surface area contributed by atoms with Crippen LogP contribution < -0.4 is 5.32 Å². The Morgan fingerprint density at radius 2 is 1.86 bits per heavy atom. The van der Waals surface area contributed by atoms with Gasteiger partial charge in [0.15, 0.2) is 10.6 Å². The molecule has 0 saturated heterocycles. The number of hydrogen-bond acceptors (Lipinski definition) is 3. The average molecular weight is 351 g/mol. The maximum Gasteiger partial charge on any atom is 0.199 e. The van der Waals surface area contributed by atoms with E-state index in [2.05, 4.69) is 15.5 Å². The molecular weight excluding hydrogens is 339 g/mol. The van der Waals surface area contributed by atoms with Crippen LogP contribution in [-0.4, -0.2) is 14.8 Å². The van der Waals surface area contributed by atoms with Crippen LogP contribution in [0.3, 0.4) is 0 Å². The molecule has 0 saturated carbocycles. The van der Waals surface area contributed by atoms with E-state index in [-0.39, 0.29) is 0 Å². The van der Waals surface area contributed by atoms with Gasteiger partial charge in [-0.1, -0.05) is 29.3 Å². The van der Waals surface area contributed by atoms with Gasteiger partial charge in [0.1, 0.15) is 0 Å². The zero-order chi connectivity index (χ0) is 15.5. The van der Waals surface area contributed by atoms with E-state index in [1.807, 2.05) is 53.1 Å². The Morgan fingerprint density at radius 1 is 1.09 bits per heavy atom. The maximum absolute atomic E-state index is 5.98. The number of anilines is 1. The fraction of sp³-hybridized carbons (Fsp3) is 0.0667. The van der Waals surface area contributed by atoms with E-state index >= 15 is 0 Å². The van der Waals surface area contributed by atoms with Crippen LogP contribution in [0, 0.1) is 4.77 Å². The molecule has 3 aromatic rings. The maximum atomic E-state index is 5.98. The predicted molar refractivity (Wildman–Crippen MR) is 92.5 cm³/mol. The second-order valence-electron chi connectivity index (χ2n) is 4.62. The minimum absolute atomic E-state index is 0.510. The van der Waals surface area contributed by atoms with Crippen LogP contribution in [0.15, 0.2) is 48.5 Å². The second kappa shape index (κ2) is 6.52. The lowest BCUT2D eigenvalue weighted by atomic mass is 10.3. The fourth-order valence-electron chi connectivity index (χ4n) is 2.08. The van der Waals surface area contributed by atoms with Gasteiger partial charge in [0.25, 0.3) is 0 Å². The highest BCUT2D eigenvalue weighted by Crippen LogP contribution is 2.18. The van der Waals surface area contributed by atoms with E-state index in [9.17, 15) is 0 Å². The van der Waals surface area contributed by atoms with Crippen LogP contribution in [0.4, 0.5) is 5.69 Å². The number of benzene rings is 2. The number of hydrogen-bond donors (Lipinski definition) is 2. The van der Waals surface area contributed by atoms with Gasteiger partial charge in [0.05, 0.1) is 6.54 Å². The molecule has 0 bridgehead atoms. The van der Waals surface area contributed by atoms with Gasteiger partial charge in [-0.05, 0) is 54.7 Å². The van der Waals surface area contributed by atoms with E-state index in [4.69, 9.17) is 35.4 Å². The van der Waals surface area contributed by atoms with E-state index in [0.29, 0.717) is 21.4 Å². The van der Waals surface area contributed by atoms with Gasteiger partial charge in [0.2, 0.25) is 0 Å². The third kappa shape index (κ3) is 3.32. The van der Waals surface area contributed by atoms with Crippen molar-refractivity contribution in [2.24, 2.45) is 0 Å². The smallest absolute Gasteiger partial charge is 0.199 e. The van der Waals surface area contributed by atoms with Crippen molar-refractivity contribution in [1.82, 2.24) is 14.8 Å². The quantitative estimate of drug-likeness (QED) is 0.661. The van der Waals surface area contributed by atoms with Crippen LogP contribution in [0.5, 0.6) is 0 Å². The lowest BCUT2D eigenvalue weighted by Crippen LogP contribution is -2.07. The first-order valence-electron chi connectivity index (χ1n) is 6.55. The van der Waals surface area contributed by atoms with E-state index in [1.54, 1.807) is 0 Å². The summed E-state index contributed by atoms with van der Waals surface area (Å²) in [5.74, 6) is 0.771. The molecule has 0 unspecified atom stereocenters. The van der Waals surface area contributed by atoms with Gasteiger partial charge in [-0.2, -0.15) is 5.10 Å². The van der Waals surface area contributed by atoms with E-state index < -0.39 is 0 Å². The van der Waals surface area contributed by atoms with Gasteiger partial charge >= 0.3 is 0 Å². The summed E-state index contributed by atoms with van der Waals surface area (Å²) in [7, 11) is 0. The molecule has 0 radical (unpaired) electrons. The molecule has 0 aliphatic heterocycles. The zero-order valence-electron chi connectivity index (χ0n) is 11.4. The minimum atomic E-state index is 0.510. The third-order valence-electron chi connectivity index (χ3n) is 3.10. The van der Waals surface area contributed by atoms with Crippen LogP contribution in [0.2, 0.25) is 10.0 Å². The molecule has 112 valence electrons. The summed E-state index contributed by atoms with van der Waals surface area (Å²) >= 11 is 17.2. The van der Waals surface area contributed by atoms with Gasteiger partial charge in [-0.15, -0.1) is 0 Å². The summed E-state index contributed by atoms with van der Waals surface area (Å²) in [6.07, 6.45) is 0. The predicted octanol–water partition coefficient (Wildman–Crippen LogP) is 4.85. The van der Waals surface area contributed by atoms with Gasteiger partial charge in [-0.25, -0.2) is 0 Å². The topological polar surface area (TPSA) is 45.6 Å². The Morgan fingerprint density at radius 3 is 2.59 bits per heavy atom. The van der Waals surface area contributed by atoms with Crippen molar-refractivity contribution in [2.75, 3.05) is 5.32 Å². The lowest BCUT2D eigenvalue weighted by Gasteiger charge is -2.09. The largest absolute Gasteiger partial charge is 0.378 e. The second-order valence-corrected chi connectivity index (χ2v) is 5.88. The highest BCUT2D eigenvalue weighted by molar-refractivity contribution is 7.71. The number of nitrogens with zero attached hydrogens (tertiary/aromatic N) is 2. The molecule has 2 aromatic carbocycles. The number of aromatic amines is 1. The Balaban J connectivity index is 1.86. The average Bonchev–Trinajstić information content (AvgIpc) is 2.87. The first kappa shape index (κ1) is 15.1. The molecular formula is C15H12Cl2N4S. The standard InChI is InChI=1S/C15H12Cl2N4S/c16-10-4-6-13(7-5-10)21-14(19-20-15(21)22)9-18-12-3-1-2-11(17)8-12/h1-8,18H,9H2,(H,20,22). The molecule has 22 heavy (non-hydrogen) atoms. The van der Waals surface area contributed by atoms with Crippen LogP contribution in [0.1, 0.15) is 5.82 Å². The summed E-state index contributed by atoms with van der Waals surface area (Å²) < 4.78 is 2.40. The molecule has 3 rings (SSSR count). The summed E-state index contributed by atoms with van der Waals surface area (Å²) in [4.78, 5) is 0. The third-order valence-corrected chi connectivity index (χ3v) is 3.86. The van der Waals surface area contributed by atoms with E-state index in [0.717, 1.165) is 17.2 Å². The monoisotopic (exact) mass is 350 g/mol. The number of aromatic nitrogens is 3. The molecule has 0 spiro atoms. The molecule has 2 N–H and O–H groups in total. The highest BCUT2D eigenvalue weighted by Gasteiger charge is 2.08. The number of halogens is 2. The van der Waals surface area contributed by atoms with Crippen molar-refractivity contribution in [1.29, 1.82) is 0 Å². The SMILES string of the molecule is S=c1[nH]nc(CNc2cccc(Cl)c2)n1-c1ccc(Cl)cc1. The first-order valence-corrected chi connectivity index (χ1v) is 7.71. The van der Waals surface area contributed by atoms with Crippen molar-refractivity contribution in [2.45, 2.75) is 6.54 Å². The highest BCUT2D eigenvalue weighted by atomic mass is 35.5.